The molecule has 1 fully saturated rings. The van der Waals surface area contributed by atoms with Crippen molar-refractivity contribution in [3.8, 4) is 6.07 Å². The van der Waals surface area contributed by atoms with Crippen LogP contribution in [0.4, 0.5) is 0 Å². The molecule has 0 radical (unpaired) electrons. The van der Waals surface area contributed by atoms with E-state index < -0.39 is 5.54 Å². The molecule has 1 heterocycles. The van der Waals surface area contributed by atoms with E-state index >= 15 is 0 Å². The third-order valence-electron chi connectivity index (χ3n) is 2.38. The number of hydrogen-bond acceptors (Lipinski definition) is 3. The lowest BCUT2D eigenvalue weighted by Crippen LogP contribution is -2.53. The van der Waals surface area contributed by atoms with Gasteiger partial charge < -0.3 is 0 Å². The Hall–Kier alpha value is -1.37. The monoisotopic (exact) mass is 194 g/mol. The summed E-state index contributed by atoms with van der Waals surface area (Å²) in [7, 11) is 0. The van der Waals surface area contributed by atoms with E-state index in [1.54, 1.807) is 13.8 Å². The standard InChI is InChI=1S/C10H14N2O2/c1-7-4-8(13)12(9(14)5-7)10(2,3)6-11/h7H,4-5H2,1-3H3. The second-order valence-electron chi connectivity index (χ2n) is 4.31. The molecule has 14 heavy (non-hydrogen) atoms. The minimum absolute atomic E-state index is 0.0979. The summed E-state index contributed by atoms with van der Waals surface area (Å²) in [6.07, 6.45) is 0.716. The molecular formula is C10H14N2O2. The van der Waals surface area contributed by atoms with Crippen molar-refractivity contribution in [1.29, 1.82) is 5.26 Å². The Labute approximate surface area is 83.5 Å². The topological polar surface area (TPSA) is 61.2 Å². The van der Waals surface area contributed by atoms with Crippen molar-refractivity contribution in [3.63, 3.8) is 0 Å². The summed E-state index contributed by atoms with van der Waals surface area (Å²) >= 11 is 0. The zero-order chi connectivity index (χ0) is 10.9. The number of nitriles is 1. The molecule has 1 saturated heterocycles. The highest BCUT2D eigenvalue weighted by Crippen LogP contribution is 2.25. The first-order valence-corrected chi connectivity index (χ1v) is 4.65. The van der Waals surface area contributed by atoms with Crippen LogP contribution >= 0.6 is 0 Å². The van der Waals surface area contributed by atoms with E-state index in [0.717, 1.165) is 4.90 Å². The second kappa shape index (κ2) is 3.41. The first kappa shape index (κ1) is 10.7. The Morgan fingerprint density at radius 2 is 1.79 bits per heavy atom. The Kier molecular flexibility index (Phi) is 2.61. The summed E-state index contributed by atoms with van der Waals surface area (Å²) in [5.74, 6) is -0.374. The highest BCUT2D eigenvalue weighted by Gasteiger charge is 2.40. The van der Waals surface area contributed by atoms with Gasteiger partial charge in [0.05, 0.1) is 6.07 Å². The van der Waals surface area contributed by atoms with Crippen molar-refractivity contribution < 1.29 is 9.59 Å². The molecule has 0 aromatic rings. The predicted octanol–water partition coefficient (Wildman–Crippen LogP) is 1.07. The predicted molar refractivity (Wildman–Crippen MR) is 49.9 cm³/mol. The van der Waals surface area contributed by atoms with E-state index in [-0.39, 0.29) is 17.7 Å². The number of piperidine rings is 1. The summed E-state index contributed by atoms with van der Waals surface area (Å²) in [5.41, 5.74) is -1.02. The summed E-state index contributed by atoms with van der Waals surface area (Å²) in [5, 5.41) is 8.85. The fourth-order valence-corrected chi connectivity index (χ4v) is 1.66. The lowest BCUT2D eigenvalue weighted by Gasteiger charge is -2.35. The summed E-state index contributed by atoms with van der Waals surface area (Å²) < 4.78 is 0. The second-order valence-corrected chi connectivity index (χ2v) is 4.31. The van der Waals surface area contributed by atoms with E-state index in [2.05, 4.69) is 0 Å². The molecule has 0 atom stereocenters. The van der Waals surface area contributed by atoms with Gasteiger partial charge in [-0.05, 0) is 19.8 Å². The van der Waals surface area contributed by atoms with Gasteiger partial charge in [0, 0.05) is 12.8 Å². The average Bonchev–Trinajstić information content (AvgIpc) is 2.01. The van der Waals surface area contributed by atoms with Crippen molar-refractivity contribution in [3.05, 3.63) is 0 Å². The van der Waals surface area contributed by atoms with Crippen LogP contribution < -0.4 is 0 Å². The highest BCUT2D eigenvalue weighted by atomic mass is 16.2. The number of amides is 2. The number of likely N-dealkylation sites (tertiary alicyclic amines) is 1. The summed E-state index contributed by atoms with van der Waals surface area (Å²) in [4.78, 5) is 24.2. The number of carbonyl (C=O) groups excluding carboxylic acids is 2. The van der Waals surface area contributed by atoms with Gasteiger partial charge in [-0.25, -0.2) is 0 Å². The van der Waals surface area contributed by atoms with Crippen LogP contribution in [0.15, 0.2) is 0 Å². The Morgan fingerprint density at radius 1 is 1.36 bits per heavy atom. The number of imide groups is 1. The van der Waals surface area contributed by atoms with Crippen molar-refractivity contribution in [2.45, 2.75) is 39.2 Å². The van der Waals surface area contributed by atoms with E-state index in [1.807, 2.05) is 13.0 Å². The quantitative estimate of drug-likeness (QED) is 0.587. The zero-order valence-electron chi connectivity index (χ0n) is 8.70. The SMILES string of the molecule is CC1CC(=O)N(C(C)(C)C#N)C(=O)C1. The average molecular weight is 194 g/mol. The molecule has 76 valence electrons. The Bertz CT molecular complexity index is 297. The van der Waals surface area contributed by atoms with Crippen molar-refractivity contribution in [2.24, 2.45) is 5.92 Å². The van der Waals surface area contributed by atoms with Gasteiger partial charge in [-0.3, -0.25) is 14.5 Å². The van der Waals surface area contributed by atoms with Gasteiger partial charge in [-0.1, -0.05) is 6.92 Å². The molecule has 4 nitrogen and oxygen atoms in total. The molecule has 0 saturated carbocycles. The molecule has 0 unspecified atom stereocenters. The molecule has 0 spiro atoms. The van der Waals surface area contributed by atoms with E-state index in [0.29, 0.717) is 12.8 Å². The molecule has 0 aliphatic carbocycles. The maximum Gasteiger partial charge on any atom is 0.230 e. The Morgan fingerprint density at radius 3 is 2.14 bits per heavy atom. The summed E-state index contributed by atoms with van der Waals surface area (Å²) in [6, 6.07) is 1.97. The number of hydrogen-bond donors (Lipinski definition) is 0. The number of rotatable bonds is 1. The van der Waals surface area contributed by atoms with Gasteiger partial charge in [0.2, 0.25) is 11.8 Å². The number of carbonyl (C=O) groups is 2. The van der Waals surface area contributed by atoms with Crippen LogP contribution in [-0.4, -0.2) is 22.3 Å². The third-order valence-corrected chi connectivity index (χ3v) is 2.38. The van der Waals surface area contributed by atoms with Crippen LogP contribution in [0.5, 0.6) is 0 Å². The molecule has 2 amide bonds. The van der Waals surface area contributed by atoms with Crippen LogP contribution in [0, 0.1) is 17.2 Å². The number of nitrogens with zero attached hydrogens (tertiary/aromatic N) is 2. The van der Waals surface area contributed by atoms with E-state index in [1.165, 1.54) is 0 Å². The van der Waals surface area contributed by atoms with Gasteiger partial charge in [0.15, 0.2) is 0 Å². The molecule has 0 N–H and O–H groups in total. The van der Waals surface area contributed by atoms with Crippen LogP contribution in [0.3, 0.4) is 0 Å². The van der Waals surface area contributed by atoms with E-state index in [4.69, 9.17) is 5.26 Å². The van der Waals surface area contributed by atoms with Crippen LogP contribution in [0.2, 0.25) is 0 Å². The molecule has 0 bridgehead atoms. The minimum Gasteiger partial charge on any atom is -0.274 e. The van der Waals surface area contributed by atoms with Crippen LogP contribution in [-0.2, 0) is 9.59 Å². The van der Waals surface area contributed by atoms with Crippen LogP contribution in [0.1, 0.15) is 33.6 Å². The van der Waals surface area contributed by atoms with Crippen molar-refractivity contribution >= 4 is 11.8 Å². The first-order chi connectivity index (χ1) is 6.38. The minimum atomic E-state index is -1.02. The van der Waals surface area contributed by atoms with Gasteiger partial charge >= 0.3 is 0 Å². The van der Waals surface area contributed by atoms with Gasteiger partial charge in [-0.2, -0.15) is 5.26 Å². The van der Waals surface area contributed by atoms with Crippen molar-refractivity contribution in [1.82, 2.24) is 4.90 Å². The fraction of sp³-hybridized carbons (Fsp3) is 0.700. The smallest absolute Gasteiger partial charge is 0.230 e. The van der Waals surface area contributed by atoms with Gasteiger partial charge in [-0.15, -0.1) is 0 Å². The lowest BCUT2D eigenvalue weighted by molar-refractivity contribution is -0.154. The van der Waals surface area contributed by atoms with E-state index in [9.17, 15) is 9.59 Å². The molecule has 1 aliphatic rings. The largest absolute Gasteiger partial charge is 0.274 e. The van der Waals surface area contributed by atoms with Gasteiger partial charge in [0.1, 0.15) is 5.54 Å². The molecule has 0 aromatic carbocycles. The highest BCUT2D eigenvalue weighted by molar-refractivity contribution is 5.99. The zero-order valence-corrected chi connectivity index (χ0v) is 8.70. The molecular weight excluding hydrogens is 180 g/mol. The molecule has 1 rings (SSSR count). The maximum absolute atomic E-state index is 11.6. The first-order valence-electron chi connectivity index (χ1n) is 4.65. The normalized spacial score (nSPS) is 19.7. The van der Waals surface area contributed by atoms with Gasteiger partial charge in [0.25, 0.3) is 0 Å². The fourth-order valence-electron chi connectivity index (χ4n) is 1.66. The summed E-state index contributed by atoms with van der Waals surface area (Å²) in [6.45, 7) is 5.03. The molecule has 1 aliphatic heterocycles. The van der Waals surface area contributed by atoms with Crippen LogP contribution in [0.25, 0.3) is 0 Å². The maximum atomic E-state index is 11.6. The lowest BCUT2D eigenvalue weighted by atomic mass is 9.93. The Balaban J connectivity index is 2.95. The molecule has 0 aromatic heterocycles. The van der Waals surface area contributed by atoms with Crippen molar-refractivity contribution in [2.75, 3.05) is 0 Å². The molecule has 4 heteroatoms. The third kappa shape index (κ3) is 1.77.